The molecule has 1 aliphatic heterocycles. The van der Waals surface area contributed by atoms with E-state index in [2.05, 4.69) is 5.32 Å². The average Bonchev–Trinajstić information content (AvgIpc) is 2.65. The second kappa shape index (κ2) is 7.50. The predicted octanol–water partition coefficient (Wildman–Crippen LogP) is 1.69. The van der Waals surface area contributed by atoms with Crippen LogP contribution in [0.3, 0.4) is 0 Å². The Morgan fingerprint density at radius 3 is 2.54 bits per heavy atom. The van der Waals surface area contributed by atoms with Gasteiger partial charge in [-0.3, -0.25) is 4.79 Å². The molecule has 1 heterocycles. The maximum Gasteiger partial charge on any atom is 0.351 e. The van der Waals surface area contributed by atoms with E-state index in [9.17, 15) is 9.59 Å². The summed E-state index contributed by atoms with van der Waals surface area (Å²) in [5, 5.41) is 2.68. The van der Waals surface area contributed by atoms with Crippen LogP contribution in [0.5, 0.6) is 11.5 Å². The lowest BCUT2D eigenvalue weighted by atomic mass is 10.2. The largest absolute Gasteiger partial charge is 0.485 e. The van der Waals surface area contributed by atoms with E-state index >= 15 is 0 Å². The minimum absolute atomic E-state index is 0.0570. The monoisotopic (exact) mass is 327 g/mol. The van der Waals surface area contributed by atoms with Gasteiger partial charge in [0.1, 0.15) is 6.61 Å². The molecule has 0 saturated carbocycles. The van der Waals surface area contributed by atoms with Gasteiger partial charge in [0.05, 0.1) is 0 Å². The van der Waals surface area contributed by atoms with Crippen LogP contribution in [0.25, 0.3) is 0 Å². The molecular weight excluding hydrogens is 310 g/mol. The maximum atomic E-state index is 12.0. The number of benzene rings is 2. The van der Waals surface area contributed by atoms with Crippen molar-refractivity contribution in [2.75, 3.05) is 13.2 Å². The van der Waals surface area contributed by atoms with Crippen molar-refractivity contribution in [1.82, 2.24) is 5.32 Å². The lowest BCUT2D eigenvalue weighted by Crippen LogP contribution is -2.39. The predicted molar refractivity (Wildman–Crippen MR) is 85.6 cm³/mol. The van der Waals surface area contributed by atoms with E-state index in [0.717, 1.165) is 5.56 Å². The van der Waals surface area contributed by atoms with E-state index in [-0.39, 0.29) is 19.1 Å². The van der Waals surface area contributed by atoms with Crippen molar-refractivity contribution < 1.29 is 23.8 Å². The summed E-state index contributed by atoms with van der Waals surface area (Å²) in [6, 6.07) is 16.5. The number of carbonyl (C=O) groups is 2. The van der Waals surface area contributed by atoms with Crippen LogP contribution in [0, 0.1) is 0 Å². The SMILES string of the molecule is O=C(COC(=O)[C@H]1COc2ccccc2O1)NCc1ccccc1. The van der Waals surface area contributed by atoms with Crippen molar-refractivity contribution in [2.45, 2.75) is 12.6 Å². The number of esters is 1. The molecule has 1 amide bonds. The van der Waals surface area contributed by atoms with Gasteiger partial charge in [0.25, 0.3) is 5.91 Å². The first-order valence-corrected chi connectivity index (χ1v) is 7.58. The minimum atomic E-state index is -0.873. The number of amides is 1. The molecule has 0 fully saturated rings. The number of ether oxygens (including phenoxy) is 3. The number of nitrogens with one attached hydrogen (secondary N) is 1. The Kier molecular flexibility index (Phi) is 4.96. The lowest BCUT2D eigenvalue weighted by molar-refractivity contribution is -0.157. The van der Waals surface area contributed by atoms with Crippen LogP contribution >= 0.6 is 0 Å². The van der Waals surface area contributed by atoms with Crippen LogP contribution in [-0.4, -0.2) is 31.2 Å². The van der Waals surface area contributed by atoms with E-state index in [0.29, 0.717) is 18.0 Å². The molecule has 0 aromatic heterocycles. The number of para-hydroxylation sites is 2. The molecule has 1 atom stereocenters. The fourth-order valence-electron chi connectivity index (χ4n) is 2.21. The van der Waals surface area contributed by atoms with E-state index in [1.807, 2.05) is 36.4 Å². The summed E-state index contributed by atoms with van der Waals surface area (Å²) in [5.41, 5.74) is 0.970. The van der Waals surface area contributed by atoms with Crippen molar-refractivity contribution in [3.05, 3.63) is 60.2 Å². The summed E-state index contributed by atoms with van der Waals surface area (Å²) >= 11 is 0. The number of fused-ring (bicyclic) bond motifs is 1. The molecule has 0 radical (unpaired) electrons. The second-order valence-corrected chi connectivity index (χ2v) is 5.23. The molecule has 2 aromatic rings. The van der Waals surface area contributed by atoms with Crippen LogP contribution in [0.2, 0.25) is 0 Å². The molecule has 3 rings (SSSR count). The first-order chi connectivity index (χ1) is 11.7. The van der Waals surface area contributed by atoms with Gasteiger partial charge in [-0.05, 0) is 17.7 Å². The van der Waals surface area contributed by atoms with Gasteiger partial charge < -0.3 is 19.5 Å². The summed E-state index contributed by atoms with van der Waals surface area (Å²) in [6.07, 6.45) is -0.873. The molecule has 0 spiro atoms. The van der Waals surface area contributed by atoms with E-state index in [1.165, 1.54) is 0 Å². The Balaban J connectivity index is 1.43. The fraction of sp³-hybridized carbons (Fsp3) is 0.222. The average molecular weight is 327 g/mol. The molecule has 0 unspecified atom stereocenters. The fourth-order valence-corrected chi connectivity index (χ4v) is 2.21. The van der Waals surface area contributed by atoms with Crippen LogP contribution in [0.15, 0.2) is 54.6 Å². The maximum absolute atomic E-state index is 12.0. The standard InChI is InChI=1S/C18H17NO5/c20-17(19-10-13-6-2-1-3-7-13)12-23-18(21)16-11-22-14-8-4-5-9-15(14)24-16/h1-9,16H,10-12H2,(H,19,20)/t16-/m1/s1. The Morgan fingerprint density at radius 1 is 1.04 bits per heavy atom. The molecule has 0 aliphatic carbocycles. The minimum Gasteiger partial charge on any atom is -0.485 e. The molecule has 1 N–H and O–H groups in total. The zero-order valence-electron chi connectivity index (χ0n) is 12.9. The van der Waals surface area contributed by atoms with Gasteiger partial charge in [-0.1, -0.05) is 42.5 Å². The normalized spacial score (nSPS) is 15.4. The van der Waals surface area contributed by atoms with Crippen LogP contribution in [0.4, 0.5) is 0 Å². The highest BCUT2D eigenvalue weighted by molar-refractivity contribution is 5.82. The van der Waals surface area contributed by atoms with Crippen LogP contribution in [-0.2, 0) is 20.9 Å². The Bertz CT molecular complexity index is 716. The third kappa shape index (κ3) is 4.04. The van der Waals surface area contributed by atoms with Gasteiger partial charge >= 0.3 is 5.97 Å². The van der Waals surface area contributed by atoms with Gasteiger partial charge in [0, 0.05) is 6.54 Å². The molecule has 0 saturated heterocycles. The van der Waals surface area contributed by atoms with Gasteiger partial charge in [-0.2, -0.15) is 0 Å². The molecule has 6 nitrogen and oxygen atoms in total. The summed E-state index contributed by atoms with van der Waals surface area (Å²) in [5.74, 6) is 0.0741. The third-order valence-electron chi connectivity index (χ3n) is 3.45. The van der Waals surface area contributed by atoms with Gasteiger partial charge in [0.15, 0.2) is 18.1 Å². The first kappa shape index (κ1) is 15.9. The van der Waals surface area contributed by atoms with Crippen molar-refractivity contribution in [3.63, 3.8) is 0 Å². The summed E-state index contributed by atoms with van der Waals surface area (Å²) < 4.78 is 16.0. The van der Waals surface area contributed by atoms with Crippen molar-refractivity contribution in [1.29, 1.82) is 0 Å². The van der Waals surface area contributed by atoms with Crippen molar-refractivity contribution in [2.24, 2.45) is 0 Å². The summed E-state index contributed by atoms with van der Waals surface area (Å²) in [7, 11) is 0. The van der Waals surface area contributed by atoms with Crippen LogP contribution in [0.1, 0.15) is 5.56 Å². The molecule has 2 aromatic carbocycles. The quantitative estimate of drug-likeness (QED) is 0.846. The third-order valence-corrected chi connectivity index (χ3v) is 3.45. The Labute approximate surface area is 139 Å². The van der Waals surface area contributed by atoms with Crippen LogP contribution < -0.4 is 14.8 Å². The zero-order chi connectivity index (χ0) is 16.8. The molecule has 1 aliphatic rings. The highest BCUT2D eigenvalue weighted by Crippen LogP contribution is 2.31. The Hall–Kier alpha value is -3.02. The molecule has 0 bridgehead atoms. The van der Waals surface area contributed by atoms with E-state index < -0.39 is 12.1 Å². The summed E-state index contributed by atoms with van der Waals surface area (Å²) in [6.45, 7) is 0.0856. The lowest BCUT2D eigenvalue weighted by Gasteiger charge is -2.24. The van der Waals surface area contributed by atoms with Gasteiger partial charge in [-0.15, -0.1) is 0 Å². The topological polar surface area (TPSA) is 73.9 Å². The van der Waals surface area contributed by atoms with Gasteiger partial charge in [0.2, 0.25) is 6.10 Å². The number of hydrogen-bond donors (Lipinski definition) is 1. The van der Waals surface area contributed by atoms with Crippen molar-refractivity contribution in [3.8, 4) is 11.5 Å². The summed E-state index contributed by atoms with van der Waals surface area (Å²) in [4.78, 5) is 23.7. The molecule has 124 valence electrons. The number of rotatable bonds is 5. The molecule has 6 heteroatoms. The highest BCUT2D eigenvalue weighted by Gasteiger charge is 2.29. The molecule has 24 heavy (non-hydrogen) atoms. The molecular formula is C18H17NO5. The van der Waals surface area contributed by atoms with Gasteiger partial charge in [-0.25, -0.2) is 4.79 Å². The van der Waals surface area contributed by atoms with E-state index in [1.54, 1.807) is 18.2 Å². The second-order valence-electron chi connectivity index (χ2n) is 5.23. The van der Waals surface area contributed by atoms with E-state index in [4.69, 9.17) is 14.2 Å². The number of hydrogen-bond acceptors (Lipinski definition) is 5. The smallest absolute Gasteiger partial charge is 0.351 e. The highest BCUT2D eigenvalue weighted by atomic mass is 16.6. The zero-order valence-corrected chi connectivity index (χ0v) is 12.9. The van der Waals surface area contributed by atoms with Crippen molar-refractivity contribution >= 4 is 11.9 Å². The first-order valence-electron chi connectivity index (χ1n) is 7.58. The number of carbonyl (C=O) groups excluding carboxylic acids is 2. The Morgan fingerprint density at radius 2 is 1.75 bits per heavy atom.